The van der Waals surface area contributed by atoms with E-state index in [1.165, 1.54) is 38.1 Å². The quantitative estimate of drug-likeness (QED) is 0.923. The second kappa shape index (κ2) is 6.85. The lowest BCUT2D eigenvalue weighted by Crippen LogP contribution is -2.28. The molecule has 0 saturated heterocycles. The number of carbonyl (C=O) groups is 1. The van der Waals surface area contributed by atoms with Crippen molar-refractivity contribution < 1.29 is 4.79 Å². The molecule has 1 aromatic rings. The van der Waals surface area contributed by atoms with Crippen LogP contribution >= 0.6 is 11.6 Å². The third kappa shape index (κ3) is 4.46. The molecule has 1 aliphatic carbocycles. The molecule has 4 nitrogen and oxygen atoms in total. The molecule has 1 aliphatic rings. The Kier molecular flexibility index (Phi) is 5.14. The van der Waals surface area contributed by atoms with Crippen molar-refractivity contribution in [2.75, 3.05) is 6.54 Å². The third-order valence-electron chi connectivity index (χ3n) is 3.72. The molecule has 2 rings (SSSR count). The molecule has 0 aromatic carbocycles. The molecule has 104 valence electrons. The second-order valence-electron chi connectivity index (χ2n) is 5.41. The normalized spacial score (nSPS) is 23.1. The van der Waals surface area contributed by atoms with E-state index in [9.17, 15) is 4.79 Å². The van der Waals surface area contributed by atoms with Crippen molar-refractivity contribution >= 4 is 17.5 Å². The average molecular weight is 282 g/mol. The van der Waals surface area contributed by atoms with Crippen molar-refractivity contribution in [2.24, 2.45) is 11.8 Å². The number of rotatable bonds is 4. The predicted molar refractivity (Wildman–Crippen MR) is 75.1 cm³/mol. The van der Waals surface area contributed by atoms with Gasteiger partial charge in [-0.15, -0.1) is 0 Å². The summed E-state index contributed by atoms with van der Waals surface area (Å²) < 4.78 is 0. The maximum Gasteiger partial charge on any atom is 0.271 e. The zero-order valence-corrected chi connectivity index (χ0v) is 12.0. The van der Waals surface area contributed by atoms with Gasteiger partial charge < -0.3 is 5.32 Å². The summed E-state index contributed by atoms with van der Waals surface area (Å²) in [7, 11) is 0. The van der Waals surface area contributed by atoms with Crippen LogP contribution in [0, 0.1) is 11.8 Å². The zero-order valence-electron chi connectivity index (χ0n) is 11.2. The Bertz CT molecular complexity index is 438. The van der Waals surface area contributed by atoms with Crippen molar-refractivity contribution in [3.63, 3.8) is 0 Å². The number of amides is 1. The van der Waals surface area contributed by atoms with Crippen LogP contribution in [0.1, 0.15) is 49.5 Å². The van der Waals surface area contributed by atoms with Crippen molar-refractivity contribution in [1.82, 2.24) is 15.3 Å². The number of nitrogens with zero attached hydrogens (tertiary/aromatic N) is 2. The number of carbonyl (C=O) groups excluding carboxylic acids is 1. The fourth-order valence-corrected chi connectivity index (χ4v) is 2.90. The SMILES string of the molecule is CC1CCCC(CCNC(=O)c2cncc(Cl)n2)C1. The Labute approximate surface area is 119 Å². The molecular weight excluding hydrogens is 262 g/mol. The van der Waals surface area contributed by atoms with E-state index < -0.39 is 0 Å². The Hall–Kier alpha value is -1.16. The van der Waals surface area contributed by atoms with Gasteiger partial charge in [-0.1, -0.05) is 37.8 Å². The lowest BCUT2D eigenvalue weighted by molar-refractivity contribution is 0.0944. The number of hydrogen-bond acceptors (Lipinski definition) is 3. The number of hydrogen-bond donors (Lipinski definition) is 1. The molecule has 1 amide bonds. The van der Waals surface area contributed by atoms with Crippen LogP contribution in [0.2, 0.25) is 5.15 Å². The maximum absolute atomic E-state index is 11.8. The van der Waals surface area contributed by atoms with Crippen LogP contribution in [0.5, 0.6) is 0 Å². The van der Waals surface area contributed by atoms with E-state index in [4.69, 9.17) is 11.6 Å². The smallest absolute Gasteiger partial charge is 0.271 e. The minimum absolute atomic E-state index is 0.196. The van der Waals surface area contributed by atoms with Gasteiger partial charge in [0.05, 0.1) is 12.4 Å². The highest BCUT2D eigenvalue weighted by Crippen LogP contribution is 2.30. The summed E-state index contributed by atoms with van der Waals surface area (Å²) in [5.41, 5.74) is 0.282. The molecule has 1 aromatic heterocycles. The minimum atomic E-state index is -0.196. The van der Waals surface area contributed by atoms with Gasteiger partial charge in [0.25, 0.3) is 5.91 Å². The first kappa shape index (κ1) is 14.3. The Morgan fingerprint density at radius 2 is 2.32 bits per heavy atom. The first-order chi connectivity index (χ1) is 9.15. The van der Waals surface area contributed by atoms with Crippen LogP contribution in [-0.2, 0) is 0 Å². The van der Waals surface area contributed by atoms with Crippen LogP contribution in [0.3, 0.4) is 0 Å². The highest BCUT2D eigenvalue weighted by molar-refractivity contribution is 6.29. The van der Waals surface area contributed by atoms with Gasteiger partial charge in [0.1, 0.15) is 10.8 Å². The van der Waals surface area contributed by atoms with E-state index in [1.807, 2.05) is 0 Å². The van der Waals surface area contributed by atoms with E-state index in [0.29, 0.717) is 6.54 Å². The molecule has 0 aliphatic heterocycles. The van der Waals surface area contributed by atoms with E-state index in [2.05, 4.69) is 22.2 Å². The molecule has 0 radical (unpaired) electrons. The highest BCUT2D eigenvalue weighted by Gasteiger charge is 2.18. The molecule has 0 spiro atoms. The summed E-state index contributed by atoms with van der Waals surface area (Å²) in [5.74, 6) is 1.38. The molecule has 1 saturated carbocycles. The lowest BCUT2D eigenvalue weighted by atomic mass is 9.81. The second-order valence-corrected chi connectivity index (χ2v) is 5.80. The molecule has 1 N–H and O–H groups in total. The first-order valence-electron chi connectivity index (χ1n) is 6.91. The Morgan fingerprint density at radius 3 is 3.05 bits per heavy atom. The first-order valence-corrected chi connectivity index (χ1v) is 7.28. The molecule has 2 atom stereocenters. The maximum atomic E-state index is 11.8. The van der Waals surface area contributed by atoms with Gasteiger partial charge >= 0.3 is 0 Å². The van der Waals surface area contributed by atoms with Crippen LogP contribution < -0.4 is 5.32 Å². The number of nitrogens with one attached hydrogen (secondary N) is 1. The van der Waals surface area contributed by atoms with Crippen molar-refractivity contribution in [2.45, 2.75) is 39.0 Å². The molecule has 19 heavy (non-hydrogen) atoms. The number of aromatic nitrogens is 2. The van der Waals surface area contributed by atoms with Gasteiger partial charge in [-0.3, -0.25) is 9.78 Å². The molecule has 1 heterocycles. The van der Waals surface area contributed by atoms with E-state index >= 15 is 0 Å². The summed E-state index contributed by atoms with van der Waals surface area (Å²) in [6, 6.07) is 0. The molecule has 2 unspecified atom stereocenters. The van der Waals surface area contributed by atoms with Gasteiger partial charge in [0.2, 0.25) is 0 Å². The van der Waals surface area contributed by atoms with E-state index in [-0.39, 0.29) is 16.8 Å². The minimum Gasteiger partial charge on any atom is -0.351 e. The fourth-order valence-electron chi connectivity index (χ4n) is 2.75. The van der Waals surface area contributed by atoms with Crippen LogP contribution in [0.15, 0.2) is 12.4 Å². The standard InChI is InChI=1S/C14H20ClN3O/c1-10-3-2-4-11(7-10)5-6-17-14(19)12-8-16-9-13(15)18-12/h8-11H,2-7H2,1H3,(H,17,19). The lowest BCUT2D eigenvalue weighted by Gasteiger charge is -2.26. The van der Waals surface area contributed by atoms with Gasteiger partial charge in [-0.05, 0) is 24.7 Å². The van der Waals surface area contributed by atoms with Crippen molar-refractivity contribution in [3.05, 3.63) is 23.2 Å². The third-order valence-corrected chi connectivity index (χ3v) is 3.90. The summed E-state index contributed by atoms with van der Waals surface area (Å²) >= 11 is 5.71. The monoisotopic (exact) mass is 281 g/mol. The zero-order chi connectivity index (χ0) is 13.7. The van der Waals surface area contributed by atoms with E-state index in [0.717, 1.165) is 18.3 Å². The highest BCUT2D eigenvalue weighted by atomic mass is 35.5. The van der Waals surface area contributed by atoms with Crippen LogP contribution in [0.4, 0.5) is 0 Å². The van der Waals surface area contributed by atoms with Crippen LogP contribution in [-0.4, -0.2) is 22.4 Å². The van der Waals surface area contributed by atoms with E-state index in [1.54, 1.807) is 0 Å². The Morgan fingerprint density at radius 1 is 1.47 bits per heavy atom. The van der Waals surface area contributed by atoms with Gasteiger partial charge in [-0.2, -0.15) is 0 Å². The molecule has 0 bridgehead atoms. The van der Waals surface area contributed by atoms with Crippen molar-refractivity contribution in [1.29, 1.82) is 0 Å². The van der Waals surface area contributed by atoms with Gasteiger partial charge in [0.15, 0.2) is 0 Å². The summed E-state index contributed by atoms with van der Waals surface area (Å²) in [6.45, 7) is 3.01. The van der Waals surface area contributed by atoms with Crippen LogP contribution in [0.25, 0.3) is 0 Å². The fraction of sp³-hybridized carbons (Fsp3) is 0.643. The Balaban J connectivity index is 1.75. The van der Waals surface area contributed by atoms with Gasteiger partial charge in [-0.25, -0.2) is 4.98 Å². The van der Waals surface area contributed by atoms with Crippen molar-refractivity contribution in [3.8, 4) is 0 Å². The topological polar surface area (TPSA) is 54.9 Å². The summed E-state index contributed by atoms with van der Waals surface area (Å²) in [5, 5.41) is 3.13. The number of halogens is 1. The summed E-state index contributed by atoms with van der Waals surface area (Å²) in [6.07, 6.45) is 9.14. The van der Waals surface area contributed by atoms with Gasteiger partial charge in [0, 0.05) is 6.54 Å². The summed E-state index contributed by atoms with van der Waals surface area (Å²) in [4.78, 5) is 19.6. The average Bonchev–Trinajstić information content (AvgIpc) is 2.38. The molecular formula is C14H20ClN3O. The largest absolute Gasteiger partial charge is 0.351 e. The molecule has 1 fully saturated rings. The molecule has 5 heteroatoms. The predicted octanol–water partition coefficient (Wildman–Crippen LogP) is 3.08.